The predicted octanol–water partition coefficient (Wildman–Crippen LogP) is 3.32. The van der Waals surface area contributed by atoms with E-state index >= 15 is 0 Å². The number of hydrogen-bond acceptors (Lipinski definition) is 2. The monoisotopic (exact) mass is 295 g/mol. The summed E-state index contributed by atoms with van der Waals surface area (Å²) in [6, 6.07) is 5.24. The summed E-state index contributed by atoms with van der Waals surface area (Å²) in [5, 5.41) is 13.4. The number of benzene rings is 1. The maximum Gasteiger partial charge on any atom is 0.252 e. The molecule has 0 aliphatic heterocycles. The summed E-state index contributed by atoms with van der Waals surface area (Å²) in [5.41, 5.74) is 1.01. The zero-order valence-corrected chi connectivity index (χ0v) is 12.8. The van der Waals surface area contributed by atoms with Crippen molar-refractivity contribution in [3.8, 4) is 0 Å². The van der Waals surface area contributed by atoms with Crippen molar-refractivity contribution in [2.75, 3.05) is 6.61 Å². The highest BCUT2D eigenvalue weighted by molar-refractivity contribution is 6.30. The number of rotatable bonds is 3. The molecule has 1 amide bonds. The molecule has 4 heteroatoms. The molecule has 1 fully saturated rings. The third kappa shape index (κ3) is 3.33. The molecule has 1 aromatic rings. The normalized spacial score (nSPS) is 26.3. The average Bonchev–Trinajstić information content (AvgIpc) is 2.38. The largest absolute Gasteiger partial charge is 0.394 e. The molecule has 2 N–H and O–H groups in total. The Hall–Kier alpha value is -1.06. The van der Waals surface area contributed by atoms with Crippen LogP contribution in [0.2, 0.25) is 5.02 Å². The number of carbonyl (C=O) groups is 1. The van der Waals surface area contributed by atoms with Gasteiger partial charge >= 0.3 is 0 Å². The van der Waals surface area contributed by atoms with Crippen LogP contribution in [0.5, 0.6) is 0 Å². The molecule has 3 nitrogen and oxygen atoms in total. The molecule has 0 radical (unpaired) electrons. The summed E-state index contributed by atoms with van der Waals surface area (Å²) in [6.45, 7) is 4.04. The van der Waals surface area contributed by atoms with Crippen molar-refractivity contribution in [3.63, 3.8) is 0 Å². The van der Waals surface area contributed by atoms with Gasteiger partial charge in [0.25, 0.3) is 5.91 Å². The Morgan fingerprint density at radius 2 is 2.30 bits per heavy atom. The summed E-state index contributed by atoms with van der Waals surface area (Å²) in [7, 11) is 0. The summed E-state index contributed by atoms with van der Waals surface area (Å²) >= 11 is 5.92. The van der Waals surface area contributed by atoms with Gasteiger partial charge in [0.15, 0.2) is 0 Å². The molecule has 1 aliphatic carbocycles. The van der Waals surface area contributed by atoms with Gasteiger partial charge in [0.05, 0.1) is 12.1 Å². The van der Waals surface area contributed by atoms with Crippen molar-refractivity contribution in [3.05, 3.63) is 34.3 Å². The first kappa shape index (κ1) is 15.3. The fraction of sp³-hybridized carbons (Fsp3) is 0.562. The molecule has 1 saturated carbocycles. The minimum Gasteiger partial charge on any atom is -0.394 e. The van der Waals surface area contributed by atoms with E-state index in [1.54, 1.807) is 18.2 Å². The highest BCUT2D eigenvalue weighted by Gasteiger charge is 2.36. The van der Waals surface area contributed by atoms with Crippen molar-refractivity contribution in [2.24, 2.45) is 5.92 Å². The molecular formula is C16H22ClNO2. The summed E-state index contributed by atoms with van der Waals surface area (Å²) in [5.74, 6) is 0.407. The second kappa shape index (κ2) is 6.15. The fourth-order valence-corrected chi connectivity index (χ4v) is 3.37. The second-order valence-electron chi connectivity index (χ2n) is 6.05. The molecule has 1 aromatic carbocycles. The number of nitrogens with one attached hydrogen (secondary N) is 1. The minimum absolute atomic E-state index is 0.00425. The zero-order chi connectivity index (χ0) is 14.8. The third-order valence-electron chi connectivity index (χ3n) is 4.21. The molecule has 0 aromatic heterocycles. The molecule has 20 heavy (non-hydrogen) atoms. The van der Waals surface area contributed by atoms with Crippen LogP contribution < -0.4 is 5.32 Å². The third-order valence-corrected chi connectivity index (χ3v) is 4.44. The van der Waals surface area contributed by atoms with Crippen LogP contribution in [-0.2, 0) is 0 Å². The SMILES string of the molecule is Cc1cc(Cl)ccc1C(=O)NC1(CO)CCCC(C)C1. The van der Waals surface area contributed by atoms with Crippen LogP contribution in [0.1, 0.15) is 48.5 Å². The maximum atomic E-state index is 12.5. The van der Waals surface area contributed by atoms with Crippen LogP contribution in [0.25, 0.3) is 0 Å². The van der Waals surface area contributed by atoms with E-state index in [-0.39, 0.29) is 12.5 Å². The number of aliphatic hydroxyl groups excluding tert-OH is 1. The molecule has 2 atom stereocenters. The molecule has 1 aliphatic rings. The molecule has 0 spiro atoms. The number of halogens is 1. The second-order valence-corrected chi connectivity index (χ2v) is 6.49. The van der Waals surface area contributed by atoms with Crippen molar-refractivity contribution in [1.82, 2.24) is 5.32 Å². The van der Waals surface area contributed by atoms with E-state index in [9.17, 15) is 9.90 Å². The fourth-order valence-electron chi connectivity index (χ4n) is 3.15. The Labute approximate surface area is 125 Å². The quantitative estimate of drug-likeness (QED) is 0.899. The van der Waals surface area contributed by atoms with Gasteiger partial charge in [-0.05, 0) is 49.4 Å². The number of aliphatic hydroxyl groups is 1. The first-order chi connectivity index (χ1) is 9.46. The van der Waals surface area contributed by atoms with E-state index in [0.717, 1.165) is 31.2 Å². The van der Waals surface area contributed by atoms with Gasteiger partial charge in [0.1, 0.15) is 0 Å². The first-order valence-corrected chi connectivity index (χ1v) is 7.53. The molecule has 2 unspecified atom stereocenters. The lowest BCUT2D eigenvalue weighted by Gasteiger charge is -2.39. The zero-order valence-electron chi connectivity index (χ0n) is 12.1. The average molecular weight is 296 g/mol. The van der Waals surface area contributed by atoms with E-state index in [0.29, 0.717) is 16.5 Å². The van der Waals surface area contributed by atoms with Gasteiger partial charge in [-0.2, -0.15) is 0 Å². The predicted molar refractivity (Wildman–Crippen MR) is 81.1 cm³/mol. The smallest absolute Gasteiger partial charge is 0.252 e. The first-order valence-electron chi connectivity index (χ1n) is 7.15. The Balaban J connectivity index is 2.16. The van der Waals surface area contributed by atoms with Gasteiger partial charge in [-0.25, -0.2) is 0 Å². The van der Waals surface area contributed by atoms with Crippen LogP contribution in [-0.4, -0.2) is 23.2 Å². The van der Waals surface area contributed by atoms with E-state index in [2.05, 4.69) is 12.2 Å². The van der Waals surface area contributed by atoms with Crippen molar-refractivity contribution in [1.29, 1.82) is 0 Å². The molecule has 0 saturated heterocycles. The minimum atomic E-state index is -0.471. The highest BCUT2D eigenvalue weighted by Crippen LogP contribution is 2.32. The van der Waals surface area contributed by atoms with Gasteiger partial charge in [-0.3, -0.25) is 4.79 Å². The van der Waals surface area contributed by atoms with E-state index in [1.807, 2.05) is 6.92 Å². The van der Waals surface area contributed by atoms with Gasteiger partial charge in [-0.15, -0.1) is 0 Å². The van der Waals surface area contributed by atoms with E-state index in [1.165, 1.54) is 0 Å². The Morgan fingerprint density at radius 3 is 2.90 bits per heavy atom. The molecular weight excluding hydrogens is 274 g/mol. The summed E-state index contributed by atoms with van der Waals surface area (Å²) in [6.07, 6.45) is 3.88. The lowest BCUT2D eigenvalue weighted by atomic mass is 9.76. The van der Waals surface area contributed by atoms with Crippen molar-refractivity contribution in [2.45, 2.75) is 45.1 Å². The maximum absolute atomic E-state index is 12.5. The Morgan fingerprint density at radius 1 is 1.55 bits per heavy atom. The number of carbonyl (C=O) groups excluding carboxylic acids is 1. The molecule has 2 rings (SSSR count). The van der Waals surface area contributed by atoms with Crippen LogP contribution in [0.4, 0.5) is 0 Å². The molecule has 110 valence electrons. The number of amides is 1. The summed E-state index contributed by atoms with van der Waals surface area (Å²) in [4.78, 5) is 12.5. The molecule has 0 heterocycles. The van der Waals surface area contributed by atoms with Crippen LogP contribution >= 0.6 is 11.6 Å². The lowest BCUT2D eigenvalue weighted by Crippen LogP contribution is -2.54. The van der Waals surface area contributed by atoms with Gasteiger partial charge in [0, 0.05) is 10.6 Å². The Kier molecular flexibility index (Phi) is 4.71. The van der Waals surface area contributed by atoms with Crippen LogP contribution in [0.15, 0.2) is 18.2 Å². The van der Waals surface area contributed by atoms with E-state index < -0.39 is 5.54 Å². The number of aryl methyl sites for hydroxylation is 1. The van der Waals surface area contributed by atoms with Crippen LogP contribution in [0.3, 0.4) is 0 Å². The van der Waals surface area contributed by atoms with Crippen LogP contribution in [0, 0.1) is 12.8 Å². The van der Waals surface area contributed by atoms with E-state index in [4.69, 9.17) is 11.6 Å². The topological polar surface area (TPSA) is 49.3 Å². The van der Waals surface area contributed by atoms with Gasteiger partial charge in [0.2, 0.25) is 0 Å². The lowest BCUT2D eigenvalue weighted by molar-refractivity contribution is 0.0696. The molecule has 0 bridgehead atoms. The van der Waals surface area contributed by atoms with Gasteiger partial charge in [-0.1, -0.05) is 31.4 Å². The summed E-state index contributed by atoms with van der Waals surface area (Å²) < 4.78 is 0. The number of hydrogen-bond donors (Lipinski definition) is 2. The van der Waals surface area contributed by atoms with Crippen molar-refractivity contribution >= 4 is 17.5 Å². The Bertz CT molecular complexity index is 503. The highest BCUT2D eigenvalue weighted by atomic mass is 35.5. The van der Waals surface area contributed by atoms with Crippen molar-refractivity contribution < 1.29 is 9.90 Å². The standard InChI is InChI=1S/C16H22ClNO2/c1-11-4-3-7-16(9-11,10-19)18-15(20)14-6-5-13(17)8-12(14)2/h5-6,8,11,19H,3-4,7,9-10H2,1-2H3,(H,18,20). The van der Waals surface area contributed by atoms with Gasteiger partial charge < -0.3 is 10.4 Å².